The summed E-state index contributed by atoms with van der Waals surface area (Å²) >= 11 is 0. The largest absolute Gasteiger partial charge is 0.493 e. The van der Waals surface area contributed by atoms with Gasteiger partial charge in [0.25, 0.3) is 5.69 Å². The van der Waals surface area contributed by atoms with Gasteiger partial charge in [0.15, 0.2) is 34.6 Å². The lowest BCUT2D eigenvalue weighted by Crippen LogP contribution is -2.26. The lowest BCUT2D eigenvalue weighted by Gasteiger charge is -2.18. The summed E-state index contributed by atoms with van der Waals surface area (Å²) in [4.78, 5) is 42.0. The number of carbonyl (C=O) groups excluding carboxylic acids is 1. The number of ether oxygens (including phenoxy) is 5. The van der Waals surface area contributed by atoms with Crippen LogP contribution in [0, 0.1) is 10.1 Å². The van der Waals surface area contributed by atoms with E-state index in [-0.39, 0.29) is 30.7 Å². The van der Waals surface area contributed by atoms with E-state index in [0.717, 1.165) is 11.1 Å². The van der Waals surface area contributed by atoms with E-state index in [9.17, 15) is 20.0 Å². The Bertz CT molecular complexity index is 2140. The molecule has 0 saturated heterocycles. The molecule has 1 amide bonds. The van der Waals surface area contributed by atoms with E-state index in [4.69, 9.17) is 43.6 Å². The van der Waals surface area contributed by atoms with Crippen molar-refractivity contribution in [3.8, 4) is 23.0 Å². The molecule has 56 heavy (non-hydrogen) atoms. The Kier molecular flexibility index (Phi) is 13.6. The van der Waals surface area contributed by atoms with Gasteiger partial charge in [-0.1, -0.05) is 12.1 Å². The molecule has 0 aliphatic heterocycles. The number of nitrogens with zero attached hydrogens (tertiary/aromatic N) is 5. The van der Waals surface area contributed by atoms with Gasteiger partial charge in [-0.2, -0.15) is 9.97 Å². The van der Waals surface area contributed by atoms with Crippen LogP contribution in [0.2, 0.25) is 0 Å². The average molecular weight is 773 g/mol. The maximum atomic E-state index is 12.6. The quantitative estimate of drug-likeness (QED) is 0.0453. The Morgan fingerprint density at radius 3 is 1.62 bits per heavy atom. The van der Waals surface area contributed by atoms with Crippen LogP contribution in [0.5, 0.6) is 23.0 Å². The molecule has 0 aliphatic carbocycles. The van der Waals surface area contributed by atoms with E-state index in [0.29, 0.717) is 64.4 Å². The lowest BCUT2D eigenvalue weighted by atomic mass is 10.2. The molecule has 5 aromatic rings. The number of anilines is 5. The molecule has 0 bridgehead atoms. The first-order valence-corrected chi connectivity index (χ1v) is 17.4. The molecule has 2 aromatic heterocycles. The number of fused-ring (bicyclic) bond motifs is 1. The summed E-state index contributed by atoms with van der Waals surface area (Å²) in [5.41, 5.74) is 2.69. The zero-order valence-corrected chi connectivity index (χ0v) is 31.7. The fraction of sp³-hybridized carbons (Fsp3) is 0.324. The number of carbonyl (C=O) groups is 1. The third kappa shape index (κ3) is 10.6. The molecule has 5 rings (SSSR count). The fourth-order valence-electron chi connectivity index (χ4n) is 5.29. The van der Waals surface area contributed by atoms with Crippen LogP contribution >= 0.6 is 0 Å². The number of aliphatic hydroxyl groups is 1. The van der Waals surface area contributed by atoms with Gasteiger partial charge in [-0.3, -0.25) is 15.4 Å². The first-order valence-electron chi connectivity index (χ1n) is 17.4. The van der Waals surface area contributed by atoms with Crippen LogP contribution < -0.4 is 45.5 Å². The van der Waals surface area contributed by atoms with Gasteiger partial charge in [0, 0.05) is 37.5 Å². The van der Waals surface area contributed by atoms with Crippen molar-refractivity contribution in [1.29, 1.82) is 0 Å². The third-order valence-electron chi connectivity index (χ3n) is 8.10. The number of aliphatic hydroxyl groups excluding tert-OH is 1. The Morgan fingerprint density at radius 1 is 0.696 bits per heavy atom. The van der Waals surface area contributed by atoms with Crippen LogP contribution in [-0.4, -0.2) is 89.8 Å². The highest BCUT2D eigenvalue weighted by atomic mass is 16.6. The van der Waals surface area contributed by atoms with Crippen molar-refractivity contribution in [1.82, 2.24) is 19.9 Å². The minimum absolute atomic E-state index is 0.105. The van der Waals surface area contributed by atoms with Gasteiger partial charge in [-0.15, -0.1) is 0 Å². The molecule has 3 aromatic carbocycles. The molecule has 19 nitrogen and oxygen atoms in total. The fourth-order valence-corrected chi connectivity index (χ4v) is 5.29. The first-order chi connectivity index (χ1) is 27.0. The molecule has 19 heteroatoms. The van der Waals surface area contributed by atoms with Gasteiger partial charge < -0.3 is 50.1 Å². The van der Waals surface area contributed by atoms with Gasteiger partial charge in [-0.05, 0) is 61.4 Å². The summed E-state index contributed by atoms with van der Waals surface area (Å²) in [7, 11) is 6.25. The molecule has 0 fully saturated rings. The second-order valence-electron chi connectivity index (χ2n) is 12.3. The minimum Gasteiger partial charge on any atom is -0.493 e. The average Bonchev–Trinajstić information content (AvgIpc) is 3.20. The number of nitro groups is 1. The SMILES string of the molecule is COc1ccc(CNc2nc(NCC(C)OC(=O)Nc3ccc([N+](=O)[O-])cc3)nc3c(NCc4ccc(OC)c(OC)c4)nc(NCC(C)O)nc23)cc1OC. The monoisotopic (exact) mass is 772 g/mol. The maximum absolute atomic E-state index is 12.6. The molecule has 2 unspecified atom stereocenters. The number of hydrogen-bond donors (Lipinski definition) is 6. The molecule has 296 valence electrons. The second-order valence-corrected chi connectivity index (χ2v) is 12.3. The Labute approximate surface area is 322 Å². The van der Waals surface area contributed by atoms with E-state index in [2.05, 4.69) is 26.6 Å². The number of nitrogens with one attached hydrogen (secondary N) is 5. The topological polar surface area (TPSA) is 238 Å². The number of nitro benzene ring substituents is 1. The highest BCUT2D eigenvalue weighted by Crippen LogP contribution is 2.32. The predicted molar refractivity (Wildman–Crippen MR) is 210 cm³/mol. The summed E-state index contributed by atoms with van der Waals surface area (Å²) in [5, 5.41) is 36.5. The van der Waals surface area contributed by atoms with E-state index in [1.165, 1.54) is 24.3 Å². The van der Waals surface area contributed by atoms with Gasteiger partial charge in [0.1, 0.15) is 17.1 Å². The molecule has 2 heterocycles. The first kappa shape index (κ1) is 40.3. The van der Waals surface area contributed by atoms with Crippen molar-refractivity contribution in [3.63, 3.8) is 0 Å². The number of hydrogen-bond acceptors (Lipinski definition) is 17. The van der Waals surface area contributed by atoms with Gasteiger partial charge in [-0.25, -0.2) is 14.8 Å². The van der Waals surface area contributed by atoms with Crippen LogP contribution in [0.3, 0.4) is 0 Å². The van der Waals surface area contributed by atoms with Crippen molar-refractivity contribution >= 4 is 52.0 Å². The van der Waals surface area contributed by atoms with E-state index in [1.54, 1.807) is 54.4 Å². The molecule has 0 saturated carbocycles. The molecular weight excluding hydrogens is 728 g/mol. The maximum Gasteiger partial charge on any atom is 0.411 e. The molecule has 0 aliphatic rings. The van der Waals surface area contributed by atoms with Crippen LogP contribution in [0.4, 0.5) is 39.7 Å². The van der Waals surface area contributed by atoms with Crippen LogP contribution in [0.1, 0.15) is 25.0 Å². The zero-order valence-electron chi connectivity index (χ0n) is 31.7. The molecular formula is C37H44N10O9. The minimum atomic E-state index is -0.753. The highest BCUT2D eigenvalue weighted by Gasteiger charge is 2.19. The van der Waals surface area contributed by atoms with Crippen LogP contribution in [-0.2, 0) is 17.8 Å². The number of rotatable bonds is 19. The Balaban J connectivity index is 1.45. The standard InChI is InChI=1S/C37H44N10O9/c1-21(48)17-40-35-43-31-32(33(45-35)38-19-23-7-13-27(52-3)29(15-23)54-5)44-36(46-34(31)39-20-24-8-14-28(53-4)30(16-24)55-6)41-18-22(2)56-37(49)42-25-9-11-26(12-10-25)47(50)51/h7-16,21-22,48H,17-20H2,1-6H3,(H,42,49)(H2,38,40,43,45)(H2,39,41,44,46). The van der Waals surface area contributed by atoms with Crippen LogP contribution in [0.25, 0.3) is 11.0 Å². The molecule has 0 radical (unpaired) electrons. The van der Waals surface area contributed by atoms with Gasteiger partial charge in [0.05, 0.1) is 46.0 Å². The summed E-state index contributed by atoms with van der Waals surface area (Å²) in [6.07, 6.45) is -2.10. The normalized spacial score (nSPS) is 11.8. The zero-order chi connectivity index (χ0) is 40.2. The molecule has 6 N–H and O–H groups in total. The van der Waals surface area contributed by atoms with E-state index in [1.807, 2.05) is 24.3 Å². The Hall–Kier alpha value is -6.89. The van der Waals surface area contributed by atoms with Crippen molar-refractivity contribution in [2.45, 2.75) is 39.1 Å². The Morgan fingerprint density at radius 2 is 1.18 bits per heavy atom. The molecule has 2 atom stereocenters. The van der Waals surface area contributed by atoms with Crippen molar-refractivity contribution in [3.05, 3.63) is 81.9 Å². The highest BCUT2D eigenvalue weighted by molar-refractivity contribution is 5.94. The summed E-state index contributed by atoms with van der Waals surface area (Å²) in [6, 6.07) is 16.4. The van der Waals surface area contributed by atoms with Crippen LogP contribution in [0.15, 0.2) is 60.7 Å². The number of methoxy groups -OCH3 is 4. The lowest BCUT2D eigenvalue weighted by molar-refractivity contribution is -0.384. The number of aromatic nitrogens is 4. The van der Waals surface area contributed by atoms with Gasteiger partial charge >= 0.3 is 6.09 Å². The second kappa shape index (κ2) is 18.9. The summed E-state index contributed by atoms with van der Waals surface area (Å²) in [5.74, 6) is 3.42. The van der Waals surface area contributed by atoms with E-state index >= 15 is 0 Å². The smallest absolute Gasteiger partial charge is 0.411 e. The summed E-state index contributed by atoms with van der Waals surface area (Å²) in [6.45, 7) is 4.24. The van der Waals surface area contributed by atoms with Crippen molar-refractivity contribution < 1.29 is 38.5 Å². The van der Waals surface area contributed by atoms with E-state index < -0.39 is 23.2 Å². The number of amides is 1. The number of non-ortho nitro benzene ring substituents is 1. The van der Waals surface area contributed by atoms with Crippen molar-refractivity contribution in [2.24, 2.45) is 0 Å². The third-order valence-corrected chi connectivity index (χ3v) is 8.10. The molecule has 0 spiro atoms. The van der Waals surface area contributed by atoms with Gasteiger partial charge in [0.2, 0.25) is 11.9 Å². The predicted octanol–water partition coefficient (Wildman–Crippen LogP) is 5.43. The number of benzene rings is 3. The van der Waals surface area contributed by atoms with Crippen molar-refractivity contribution in [2.75, 3.05) is 68.1 Å². The summed E-state index contributed by atoms with van der Waals surface area (Å²) < 4.78 is 27.3.